The summed E-state index contributed by atoms with van der Waals surface area (Å²) in [7, 11) is 0. The van der Waals surface area contributed by atoms with Gasteiger partial charge in [0.2, 0.25) is 0 Å². The van der Waals surface area contributed by atoms with E-state index in [-0.39, 0.29) is 11.2 Å². The molecule has 0 fully saturated rings. The normalized spacial score (nSPS) is 11.9. The number of halogens is 1. The average molecular weight is 459 g/mol. The lowest BCUT2D eigenvalue weighted by Gasteiger charge is -2.29. The lowest BCUT2D eigenvalue weighted by molar-refractivity contribution is 0.193. The molecule has 1 aromatic heterocycles. The molecular weight excluding hydrogens is 431 g/mol. The van der Waals surface area contributed by atoms with Crippen molar-refractivity contribution in [1.82, 2.24) is 14.5 Å². The molecule has 4 rings (SSSR count). The maximum absolute atomic E-state index is 14.1. The van der Waals surface area contributed by atoms with Crippen LogP contribution < -0.4 is 10.9 Å². The Bertz CT molecular complexity index is 1380. The second-order valence-electron chi connectivity index (χ2n) is 8.02. The van der Waals surface area contributed by atoms with E-state index in [2.05, 4.69) is 12.2 Å². The Morgan fingerprint density at radius 3 is 2.38 bits per heavy atom. The summed E-state index contributed by atoms with van der Waals surface area (Å²) in [5.74, 6) is -0.0882. The summed E-state index contributed by atoms with van der Waals surface area (Å²) in [6.45, 7) is 6.05. The molecular formula is C27H27FN4O2. The third kappa shape index (κ3) is 4.41. The van der Waals surface area contributed by atoms with Crippen molar-refractivity contribution in [2.24, 2.45) is 0 Å². The molecule has 1 heterocycles. The number of aryl methyl sites for hydroxylation is 1. The van der Waals surface area contributed by atoms with Gasteiger partial charge in [0.15, 0.2) is 0 Å². The molecule has 0 spiro atoms. The summed E-state index contributed by atoms with van der Waals surface area (Å²) in [5, 5.41) is 3.13. The van der Waals surface area contributed by atoms with E-state index in [0.717, 1.165) is 12.0 Å². The topological polar surface area (TPSA) is 67.2 Å². The van der Waals surface area contributed by atoms with Crippen LogP contribution in [0, 0.1) is 5.82 Å². The molecule has 0 saturated carbocycles. The number of amides is 2. The van der Waals surface area contributed by atoms with E-state index in [1.54, 1.807) is 34.9 Å². The number of urea groups is 1. The molecule has 0 aliphatic heterocycles. The van der Waals surface area contributed by atoms with E-state index in [1.807, 2.05) is 44.2 Å². The number of aromatic nitrogens is 2. The fraction of sp³-hybridized carbons (Fsp3) is 0.222. The second kappa shape index (κ2) is 9.87. The molecule has 1 unspecified atom stereocenters. The Morgan fingerprint density at radius 2 is 1.71 bits per heavy atom. The first kappa shape index (κ1) is 23.2. The summed E-state index contributed by atoms with van der Waals surface area (Å²) in [6.07, 6.45) is 0.883. The van der Waals surface area contributed by atoms with Crippen LogP contribution in [0.2, 0.25) is 0 Å². The first-order chi connectivity index (χ1) is 16.4. The van der Waals surface area contributed by atoms with Crippen LogP contribution in [-0.4, -0.2) is 27.0 Å². The lowest BCUT2D eigenvalue weighted by atomic mass is 10.1. The fourth-order valence-corrected chi connectivity index (χ4v) is 4.04. The average Bonchev–Trinajstić information content (AvgIpc) is 2.86. The molecule has 0 bridgehead atoms. The predicted molar refractivity (Wildman–Crippen MR) is 133 cm³/mol. The van der Waals surface area contributed by atoms with Gasteiger partial charge in [-0.25, -0.2) is 14.2 Å². The van der Waals surface area contributed by atoms with E-state index in [1.165, 1.54) is 17.0 Å². The van der Waals surface area contributed by atoms with Gasteiger partial charge in [0.05, 0.1) is 28.3 Å². The number of nitrogens with zero attached hydrogens (tertiary/aromatic N) is 3. The van der Waals surface area contributed by atoms with Gasteiger partial charge in [-0.2, -0.15) is 0 Å². The number of carbonyl (C=O) groups excluding carboxylic acids is 1. The van der Waals surface area contributed by atoms with Crippen molar-refractivity contribution in [3.8, 4) is 5.69 Å². The van der Waals surface area contributed by atoms with E-state index in [9.17, 15) is 14.0 Å². The number of para-hydroxylation sites is 2. The molecule has 0 aliphatic rings. The van der Waals surface area contributed by atoms with Gasteiger partial charge in [0.25, 0.3) is 5.56 Å². The Balaban J connectivity index is 1.81. The van der Waals surface area contributed by atoms with Crippen LogP contribution in [0.4, 0.5) is 14.9 Å². The van der Waals surface area contributed by atoms with Crippen molar-refractivity contribution < 1.29 is 9.18 Å². The van der Waals surface area contributed by atoms with Gasteiger partial charge in [-0.05, 0) is 62.2 Å². The van der Waals surface area contributed by atoms with E-state index < -0.39 is 17.9 Å². The van der Waals surface area contributed by atoms with Gasteiger partial charge in [0.1, 0.15) is 11.6 Å². The van der Waals surface area contributed by atoms with Crippen molar-refractivity contribution in [1.29, 1.82) is 0 Å². The highest BCUT2D eigenvalue weighted by Gasteiger charge is 2.26. The Labute approximate surface area is 197 Å². The molecule has 0 radical (unpaired) electrons. The highest BCUT2D eigenvalue weighted by atomic mass is 19.1. The lowest BCUT2D eigenvalue weighted by Crippen LogP contribution is -2.39. The summed E-state index contributed by atoms with van der Waals surface area (Å²) >= 11 is 0. The zero-order chi connectivity index (χ0) is 24.2. The molecule has 0 saturated heterocycles. The summed E-state index contributed by atoms with van der Waals surface area (Å²) in [4.78, 5) is 33.0. The smallest absolute Gasteiger partial charge is 0.315 e. The minimum absolute atomic E-state index is 0.0946. The van der Waals surface area contributed by atoms with Gasteiger partial charge in [-0.1, -0.05) is 43.3 Å². The van der Waals surface area contributed by atoms with Crippen molar-refractivity contribution in [2.45, 2.75) is 33.2 Å². The Morgan fingerprint density at radius 1 is 1.03 bits per heavy atom. The maximum Gasteiger partial charge on any atom is 0.322 e. The van der Waals surface area contributed by atoms with Crippen molar-refractivity contribution in [2.75, 3.05) is 11.9 Å². The van der Waals surface area contributed by atoms with Crippen molar-refractivity contribution in [3.63, 3.8) is 0 Å². The third-order valence-electron chi connectivity index (χ3n) is 5.96. The van der Waals surface area contributed by atoms with Gasteiger partial charge >= 0.3 is 6.03 Å². The van der Waals surface area contributed by atoms with Crippen LogP contribution in [0.5, 0.6) is 0 Å². The molecule has 34 heavy (non-hydrogen) atoms. The van der Waals surface area contributed by atoms with Crippen LogP contribution in [0.1, 0.15) is 38.2 Å². The van der Waals surface area contributed by atoms with Crippen LogP contribution in [0.15, 0.2) is 77.6 Å². The molecule has 2 amide bonds. The number of nitrogens with one attached hydrogen (secondary N) is 1. The highest BCUT2D eigenvalue weighted by Crippen LogP contribution is 2.24. The van der Waals surface area contributed by atoms with E-state index in [0.29, 0.717) is 29.0 Å². The Kier molecular flexibility index (Phi) is 6.72. The number of hydrogen-bond donors (Lipinski definition) is 1. The fourth-order valence-electron chi connectivity index (χ4n) is 4.04. The van der Waals surface area contributed by atoms with E-state index in [4.69, 9.17) is 4.98 Å². The molecule has 1 N–H and O–H groups in total. The predicted octanol–water partition coefficient (Wildman–Crippen LogP) is 5.70. The largest absolute Gasteiger partial charge is 0.322 e. The third-order valence-corrected chi connectivity index (χ3v) is 5.96. The summed E-state index contributed by atoms with van der Waals surface area (Å²) in [5.41, 5.74) is 2.27. The van der Waals surface area contributed by atoms with Gasteiger partial charge < -0.3 is 10.2 Å². The number of benzene rings is 3. The first-order valence-electron chi connectivity index (χ1n) is 11.4. The van der Waals surface area contributed by atoms with Crippen molar-refractivity contribution >= 4 is 22.6 Å². The zero-order valence-electron chi connectivity index (χ0n) is 19.5. The van der Waals surface area contributed by atoms with Crippen LogP contribution in [-0.2, 0) is 6.42 Å². The first-order valence-corrected chi connectivity index (χ1v) is 11.4. The quantitative estimate of drug-likeness (QED) is 0.403. The number of anilines is 1. The molecule has 4 aromatic rings. The number of rotatable bonds is 6. The second-order valence-corrected chi connectivity index (χ2v) is 8.02. The SMILES string of the molecule is CCc1ccc(-n2c(C(C)N(CC)C(=O)Nc3ccccc3F)nc3ccccc3c2=O)cc1. The Hall–Kier alpha value is -4.00. The molecule has 3 aromatic carbocycles. The number of carbonyl (C=O) groups is 1. The number of hydrogen-bond acceptors (Lipinski definition) is 3. The minimum atomic E-state index is -0.570. The maximum atomic E-state index is 14.1. The molecule has 0 aliphatic carbocycles. The minimum Gasteiger partial charge on any atom is -0.315 e. The van der Waals surface area contributed by atoms with E-state index >= 15 is 0 Å². The van der Waals surface area contributed by atoms with Crippen molar-refractivity contribution in [3.05, 3.63) is 100 Å². The van der Waals surface area contributed by atoms with Gasteiger partial charge in [-0.15, -0.1) is 0 Å². The highest BCUT2D eigenvalue weighted by molar-refractivity contribution is 5.89. The molecule has 174 valence electrons. The number of fused-ring (bicyclic) bond motifs is 1. The van der Waals surface area contributed by atoms with Crippen LogP contribution in [0.25, 0.3) is 16.6 Å². The molecule has 6 nitrogen and oxygen atoms in total. The summed E-state index contributed by atoms with van der Waals surface area (Å²) in [6, 6.07) is 19.9. The zero-order valence-corrected chi connectivity index (χ0v) is 19.5. The standard InChI is InChI=1S/C27H27FN4O2/c1-4-19-14-16-20(17-15-19)32-25(29-23-12-8-6-10-21(23)26(32)33)18(3)31(5-2)27(34)30-24-13-9-7-11-22(24)28/h6-18H,4-5H2,1-3H3,(H,30,34). The van der Waals surface area contributed by atoms with Gasteiger partial charge in [-0.3, -0.25) is 9.36 Å². The summed E-state index contributed by atoms with van der Waals surface area (Å²) < 4.78 is 15.7. The van der Waals surface area contributed by atoms with Gasteiger partial charge in [0, 0.05) is 6.54 Å². The molecule has 1 atom stereocenters. The molecule has 7 heteroatoms. The van der Waals surface area contributed by atoms with Crippen LogP contribution in [0.3, 0.4) is 0 Å². The monoisotopic (exact) mass is 458 g/mol. The van der Waals surface area contributed by atoms with Crippen LogP contribution >= 0.6 is 0 Å².